The van der Waals surface area contributed by atoms with Crippen LogP contribution >= 0.6 is 0 Å². The molecule has 0 bridgehead atoms. The van der Waals surface area contributed by atoms with Gasteiger partial charge in [0.1, 0.15) is 0 Å². The standard InChI is InChI=1S/C9H17NO6S3/c1-9(3-5-18(13,14)7-9)10-19(15,16)8-2-4-17(11,12)6-8/h8,10H,2-7H2,1H3. The van der Waals surface area contributed by atoms with Gasteiger partial charge in [-0.2, -0.15) is 0 Å². The summed E-state index contributed by atoms with van der Waals surface area (Å²) in [5.41, 5.74) is -1.02. The Morgan fingerprint density at radius 2 is 1.74 bits per heavy atom. The molecule has 0 aromatic carbocycles. The number of hydrogen-bond donors (Lipinski definition) is 1. The van der Waals surface area contributed by atoms with Crippen LogP contribution in [0.3, 0.4) is 0 Å². The molecule has 0 aliphatic carbocycles. The van der Waals surface area contributed by atoms with Gasteiger partial charge in [0, 0.05) is 5.54 Å². The van der Waals surface area contributed by atoms with E-state index in [1.165, 1.54) is 0 Å². The smallest absolute Gasteiger partial charge is 0.216 e. The fourth-order valence-electron chi connectivity index (χ4n) is 2.52. The van der Waals surface area contributed by atoms with Crippen molar-refractivity contribution in [1.29, 1.82) is 0 Å². The molecule has 2 aliphatic heterocycles. The molecule has 2 aliphatic rings. The normalized spacial score (nSPS) is 37.4. The molecule has 0 aromatic rings. The number of nitrogens with one attached hydrogen (secondary N) is 1. The molecule has 0 aromatic heterocycles. The van der Waals surface area contributed by atoms with E-state index in [0.29, 0.717) is 0 Å². The van der Waals surface area contributed by atoms with Gasteiger partial charge < -0.3 is 0 Å². The second-order valence-electron chi connectivity index (χ2n) is 5.57. The quantitative estimate of drug-likeness (QED) is 0.685. The van der Waals surface area contributed by atoms with E-state index in [1.54, 1.807) is 6.92 Å². The fraction of sp³-hybridized carbons (Fsp3) is 1.00. The second-order valence-corrected chi connectivity index (χ2v) is 11.9. The molecule has 0 radical (unpaired) electrons. The van der Waals surface area contributed by atoms with Gasteiger partial charge in [-0.25, -0.2) is 30.0 Å². The van der Waals surface area contributed by atoms with Crippen LogP contribution in [-0.2, 0) is 29.7 Å². The molecule has 2 saturated heterocycles. The van der Waals surface area contributed by atoms with Gasteiger partial charge in [0.25, 0.3) is 0 Å². The summed E-state index contributed by atoms with van der Waals surface area (Å²) >= 11 is 0. The zero-order valence-electron chi connectivity index (χ0n) is 10.5. The van der Waals surface area contributed by atoms with Crippen LogP contribution in [0.4, 0.5) is 0 Å². The summed E-state index contributed by atoms with van der Waals surface area (Å²) in [6.45, 7) is 1.54. The molecule has 2 atom stereocenters. The third-order valence-corrected chi connectivity index (χ3v) is 9.46. The van der Waals surface area contributed by atoms with Crippen LogP contribution in [0.15, 0.2) is 0 Å². The maximum atomic E-state index is 12.1. The lowest BCUT2D eigenvalue weighted by Crippen LogP contribution is -2.50. The van der Waals surface area contributed by atoms with Crippen molar-refractivity contribution in [3.05, 3.63) is 0 Å². The lowest BCUT2D eigenvalue weighted by molar-refractivity contribution is 0.457. The van der Waals surface area contributed by atoms with E-state index in [-0.39, 0.29) is 35.9 Å². The van der Waals surface area contributed by atoms with Crippen LogP contribution in [0.2, 0.25) is 0 Å². The van der Waals surface area contributed by atoms with E-state index in [0.717, 1.165) is 0 Å². The zero-order valence-corrected chi connectivity index (χ0v) is 12.9. The van der Waals surface area contributed by atoms with Gasteiger partial charge in [0.15, 0.2) is 19.7 Å². The summed E-state index contributed by atoms with van der Waals surface area (Å²) in [6, 6.07) is 0. The molecule has 0 saturated carbocycles. The Kier molecular flexibility index (Phi) is 3.52. The Labute approximate surface area is 113 Å². The molecular formula is C9H17NO6S3. The van der Waals surface area contributed by atoms with E-state index in [4.69, 9.17) is 0 Å². The molecule has 10 heteroatoms. The summed E-state index contributed by atoms with van der Waals surface area (Å²) in [5.74, 6) is -0.799. The number of hydrogen-bond acceptors (Lipinski definition) is 6. The van der Waals surface area contributed by atoms with Crippen LogP contribution in [0, 0.1) is 0 Å². The van der Waals surface area contributed by atoms with Crippen molar-refractivity contribution < 1.29 is 25.3 Å². The Bertz CT molecular complexity index is 677. The Morgan fingerprint density at radius 3 is 2.16 bits per heavy atom. The Hall–Kier alpha value is -0.190. The minimum Gasteiger partial charge on any atom is -0.229 e. The Balaban J connectivity index is 2.15. The second kappa shape index (κ2) is 4.40. The minimum absolute atomic E-state index is 0.0466. The van der Waals surface area contributed by atoms with Crippen LogP contribution < -0.4 is 4.72 Å². The van der Waals surface area contributed by atoms with E-state index in [1.807, 2.05) is 0 Å². The highest BCUT2D eigenvalue weighted by Crippen LogP contribution is 2.26. The lowest BCUT2D eigenvalue weighted by Gasteiger charge is -2.25. The van der Waals surface area contributed by atoms with Crippen molar-refractivity contribution in [3.63, 3.8) is 0 Å². The molecule has 2 heterocycles. The molecule has 2 unspecified atom stereocenters. The highest BCUT2D eigenvalue weighted by atomic mass is 32.2. The van der Waals surface area contributed by atoms with Gasteiger partial charge in [-0.05, 0) is 19.8 Å². The molecule has 19 heavy (non-hydrogen) atoms. The lowest BCUT2D eigenvalue weighted by atomic mass is 10.0. The molecular weight excluding hydrogens is 314 g/mol. The third kappa shape index (κ3) is 3.47. The SMILES string of the molecule is CC1(NS(=O)(=O)C2CCS(=O)(=O)C2)CCS(=O)(=O)C1. The molecule has 7 nitrogen and oxygen atoms in total. The average molecular weight is 331 g/mol. The first-order valence-electron chi connectivity index (χ1n) is 5.87. The molecule has 0 spiro atoms. The van der Waals surface area contributed by atoms with Crippen molar-refractivity contribution in [2.75, 3.05) is 23.0 Å². The fourth-order valence-corrected chi connectivity index (χ4v) is 9.20. The number of sulfonamides is 1. The monoisotopic (exact) mass is 331 g/mol. The van der Waals surface area contributed by atoms with Crippen molar-refractivity contribution in [3.8, 4) is 0 Å². The predicted octanol–water partition coefficient (Wildman–Crippen LogP) is -1.33. The van der Waals surface area contributed by atoms with Crippen LogP contribution in [0.5, 0.6) is 0 Å². The molecule has 2 rings (SSSR count). The van der Waals surface area contributed by atoms with Gasteiger partial charge in [-0.1, -0.05) is 0 Å². The van der Waals surface area contributed by atoms with Crippen LogP contribution in [0.25, 0.3) is 0 Å². The van der Waals surface area contributed by atoms with E-state index < -0.39 is 40.5 Å². The van der Waals surface area contributed by atoms with Crippen molar-refractivity contribution in [1.82, 2.24) is 4.72 Å². The first-order chi connectivity index (χ1) is 8.43. The van der Waals surface area contributed by atoms with Crippen molar-refractivity contribution in [2.24, 2.45) is 0 Å². The highest BCUT2D eigenvalue weighted by Gasteiger charge is 2.45. The molecule has 1 N–H and O–H groups in total. The van der Waals surface area contributed by atoms with Gasteiger partial charge in [-0.3, -0.25) is 0 Å². The summed E-state index contributed by atoms with van der Waals surface area (Å²) in [5, 5.41) is -0.974. The topological polar surface area (TPSA) is 114 Å². The summed E-state index contributed by atoms with van der Waals surface area (Å²) < 4.78 is 72.1. The predicted molar refractivity (Wildman–Crippen MR) is 70.8 cm³/mol. The molecule has 0 amide bonds. The number of sulfone groups is 2. The van der Waals surface area contributed by atoms with Crippen molar-refractivity contribution in [2.45, 2.75) is 30.6 Å². The maximum absolute atomic E-state index is 12.1. The van der Waals surface area contributed by atoms with Crippen LogP contribution in [0.1, 0.15) is 19.8 Å². The maximum Gasteiger partial charge on any atom is 0.216 e. The van der Waals surface area contributed by atoms with Crippen molar-refractivity contribution >= 4 is 29.7 Å². The summed E-state index contributed by atoms with van der Waals surface area (Å²) in [6.07, 6.45) is 0.286. The van der Waals surface area contributed by atoms with Crippen LogP contribution in [-0.4, -0.2) is 59.1 Å². The van der Waals surface area contributed by atoms with Gasteiger partial charge in [-0.15, -0.1) is 0 Å². The highest BCUT2D eigenvalue weighted by molar-refractivity contribution is 7.95. The summed E-state index contributed by atoms with van der Waals surface area (Å²) in [7, 11) is -10.3. The van der Waals surface area contributed by atoms with E-state index in [2.05, 4.69) is 4.72 Å². The number of rotatable bonds is 3. The first kappa shape index (κ1) is 15.2. The minimum atomic E-state index is -3.82. The van der Waals surface area contributed by atoms with Gasteiger partial charge in [0.2, 0.25) is 10.0 Å². The average Bonchev–Trinajstić information content (AvgIpc) is 2.66. The first-order valence-corrected chi connectivity index (χ1v) is 11.1. The van der Waals surface area contributed by atoms with Gasteiger partial charge in [0.05, 0.1) is 28.3 Å². The van der Waals surface area contributed by atoms with E-state index >= 15 is 0 Å². The molecule has 2 fully saturated rings. The Morgan fingerprint density at radius 1 is 1.11 bits per heavy atom. The largest absolute Gasteiger partial charge is 0.229 e. The third-order valence-electron chi connectivity index (χ3n) is 3.52. The molecule has 112 valence electrons. The van der Waals surface area contributed by atoms with Gasteiger partial charge >= 0.3 is 0 Å². The summed E-state index contributed by atoms with van der Waals surface area (Å²) in [4.78, 5) is 0. The zero-order chi connectivity index (χ0) is 14.5. The van der Waals surface area contributed by atoms with E-state index in [9.17, 15) is 25.3 Å².